The van der Waals surface area contributed by atoms with Crippen molar-refractivity contribution >= 4 is 39.6 Å². The molecule has 186 valence electrons. The number of amides is 2. The molecule has 9 heteroatoms. The van der Waals surface area contributed by atoms with Gasteiger partial charge in [-0.1, -0.05) is 24.3 Å². The van der Waals surface area contributed by atoms with Crippen molar-refractivity contribution < 1.29 is 14.3 Å². The van der Waals surface area contributed by atoms with Crippen LogP contribution >= 0.6 is 0 Å². The molecule has 0 spiro atoms. The number of aromatic amines is 1. The average molecular weight is 495 g/mol. The Bertz CT molecular complexity index is 1620. The Kier molecular flexibility index (Phi) is 5.60. The van der Waals surface area contributed by atoms with Gasteiger partial charge in [0.2, 0.25) is 0 Å². The predicted octanol–water partition coefficient (Wildman–Crippen LogP) is 3.76. The first-order valence-corrected chi connectivity index (χ1v) is 12.2. The molecule has 2 aromatic heterocycles. The van der Waals surface area contributed by atoms with Gasteiger partial charge >= 0.3 is 0 Å². The normalized spacial score (nSPS) is 14.0. The number of imidazole rings is 2. The topological polar surface area (TPSA) is 105 Å². The number of rotatable bonds is 6. The van der Waals surface area contributed by atoms with Crippen LogP contribution in [0.1, 0.15) is 34.8 Å². The van der Waals surface area contributed by atoms with Gasteiger partial charge in [0.05, 0.1) is 33.7 Å². The quantitative estimate of drug-likeness (QED) is 0.374. The van der Waals surface area contributed by atoms with Gasteiger partial charge in [-0.05, 0) is 49.4 Å². The Morgan fingerprint density at radius 3 is 2.76 bits per heavy atom. The number of hydrogen-bond acceptors (Lipinski definition) is 5. The number of nitrogens with zero attached hydrogens (tertiary/aromatic N) is 4. The Hall–Kier alpha value is -4.66. The van der Waals surface area contributed by atoms with Crippen LogP contribution in [0.25, 0.3) is 22.1 Å². The summed E-state index contributed by atoms with van der Waals surface area (Å²) in [5.41, 5.74) is 4.84. The first kappa shape index (κ1) is 22.8. The molecule has 1 unspecified atom stereocenters. The number of fused-ring (bicyclic) bond motifs is 3. The van der Waals surface area contributed by atoms with Crippen LogP contribution in [0.4, 0.5) is 5.69 Å². The number of aromatic nitrogens is 4. The molecule has 0 saturated carbocycles. The number of hydrogen-bond donors (Lipinski definition) is 2. The fourth-order valence-electron chi connectivity index (χ4n) is 4.82. The first-order valence-electron chi connectivity index (χ1n) is 12.2. The number of H-pyrrole nitrogens is 1. The highest BCUT2D eigenvalue weighted by atomic mass is 16.5. The lowest BCUT2D eigenvalue weighted by atomic mass is 10.1. The number of ether oxygens (including phenoxy) is 1. The van der Waals surface area contributed by atoms with E-state index in [0.29, 0.717) is 24.4 Å². The summed E-state index contributed by atoms with van der Waals surface area (Å²) in [6.45, 7) is 2.74. The molecule has 1 atom stereocenters. The molecule has 0 fully saturated rings. The van der Waals surface area contributed by atoms with Crippen LogP contribution in [0.5, 0.6) is 5.75 Å². The van der Waals surface area contributed by atoms with Crippen molar-refractivity contribution in [2.75, 3.05) is 24.6 Å². The third-order valence-corrected chi connectivity index (χ3v) is 6.81. The second kappa shape index (κ2) is 9.09. The third-order valence-electron chi connectivity index (χ3n) is 6.81. The molecule has 1 aliphatic heterocycles. The maximum Gasteiger partial charge on any atom is 0.265 e. The van der Waals surface area contributed by atoms with Crippen molar-refractivity contribution in [3.8, 4) is 5.75 Å². The number of aryl methyl sites for hydroxylation is 1. The van der Waals surface area contributed by atoms with Crippen LogP contribution in [-0.2, 0) is 11.8 Å². The predicted molar refractivity (Wildman–Crippen MR) is 141 cm³/mol. The molecule has 0 bridgehead atoms. The van der Waals surface area contributed by atoms with E-state index in [1.807, 2.05) is 72.3 Å². The number of para-hydroxylation sites is 4. The molecule has 37 heavy (non-hydrogen) atoms. The van der Waals surface area contributed by atoms with E-state index in [0.717, 1.165) is 39.4 Å². The molecule has 1 aliphatic rings. The average Bonchev–Trinajstić information content (AvgIpc) is 3.50. The fraction of sp³-hybridized carbons (Fsp3) is 0.214. The summed E-state index contributed by atoms with van der Waals surface area (Å²) in [7, 11) is 1.95. The lowest BCUT2D eigenvalue weighted by Gasteiger charge is -2.29. The van der Waals surface area contributed by atoms with Crippen molar-refractivity contribution in [2.24, 2.45) is 7.05 Å². The van der Waals surface area contributed by atoms with Crippen LogP contribution in [0, 0.1) is 0 Å². The number of benzene rings is 3. The van der Waals surface area contributed by atoms with E-state index < -0.39 is 0 Å². The van der Waals surface area contributed by atoms with E-state index in [-0.39, 0.29) is 24.3 Å². The summed E-state index contributed by atoms with van der Waals surface area (Å²) in [5, 5.41) is 2.93. The van der Waals surface area contributed by atoms with Gasteiger partial charge in [-0.3, -0.25) is 9.59 Å². The van der Waals surface area contributed by atoms with Crippen molar-refractivity contribution in [3.63, 3.8) is 0 Å². The van der Waals surface area contributed by atoms with Crippen molar-refractivity contribution in [2.45, 2.75) is 12.8 Å². The van der Waals surface area contributed by atoms with Gasteiger partial charge in [0.25, 0.3) is 11.8 Å². The van der Waals surface area contributed by atoms with Crippen LogP contribution in [-0.4, -0.2) is 51.0 Å². The summed E-state index contributed by atoms with van der Waals surface area (Å²) in [6, 6.07) is 20.8. The van der Waals surface area contributed by atoms with Gasteiger partial charge in [0.1, 0.15) is 17.4 Å². The van der Waals surface area contributed by atoms with Gasteiger partial charge in [-0.25, -0.2) is 9.97 Å². The molecule has 5 aromatic rings. The molecule has 3 heterocycles. The van der Waals surface area contributed by atoms with E-state index in [4.69, 9.17) is 14.7 Å². The number of carbonyl (C=O) groups excluding carboxylic acids is 2. The van der Waals surface area contributed by atoms with E-state index in [2.05, 4.69) is 17.2 Å². The minimum Gasteiger partial charge on any atom is -0.482 e. The Morgan fingerprint density at radius 1 is 1.08 bits per heavy atom. The van der Waals surface area contributed by atoms with Crippen LogP contribution in [0.3, 0.4) is 0 Å². The molecule has 0 saturated heterocycles. The zero-order valence-electron chi connectivity index (χ0n) is 20.6. The largest absolute Gasteiger partial charge is 0.482 e. The minimum atomic E-state index is -0.205. The summed E-state index contributed by atoms with van der Waals surface area (Å²) < 4.78 is 7.49. The molecular weight excluding hydrogens is 468 g/mol. The number of carbonyl (C=O) groups is 2. The Labute approximate surface area is 213 Å². The van der Waals surface area contributed by atoms with E-state index in [1.165, 1.54) is 0 Å². The maximum atomic E-state index is 12.9. The van der Waals surface area contributed by atoms with Gasteiger partial charge < -0.3 is 24.5 Å². The standard InChI is InChI=1S/C28H26N6O3/c1-17(26-30-19-7-3-4-8-20(19)31-26)27-32-21-12-11-18(15-23(21)33(27)2)28(36)29-13-14-34-22-9-5-6-10-24(22)37-16-25(34)35/h3-12,15,17H,13-14,16H2,1-2H3,(H,29,36)(H,30,31). The molecular formula is C28H26N6O3. The summed E-state index contributed by atoms with van der Waals surface area (Å²) in [5.74, 6) is 1.98. The summed E-state index contributed by atoms with van der Waals surface area (Å²) in [6.07, 6.45) is 0. The van der Waals surface area contributed by atoms with E-state index in [1.54, 1.807) is 11.0 Å². The Balaban J connectivity index is 1.18. The van der Waals surface area contributed by atoms with Gasteiger partial charge in [0, 0.05) is 25.7 Å². The second-order valence-corrected chi connectivity index (χ2v) is 9.15. The monoisotopic (exact) mass is 494 g/mol. The number of anilines is 1. The lowest BCUT2D eigenvalue weighted by molar-refractivity contribution is -0.121. The summed E-state index contributed by atoms with van der Waals surface area (Å²) in [4.78, 5) is 39.9. The second-order valence-electron chi connectivity index (χ2n) is 9.15. The maximum absolute atomic E-state index is 12.9. The highest BCUT2D eigenvalue weighted by Gasteiger charge is 2.25. The van der Waals surface area contributed by atoms with Crippen molar-refractivity contribution in [1.29, 1.82) is 0 Å². The zero-order valence-corrected chi connectivity index (χ0v) is 20.6. The molecule has 3 aromatic carbocycles. The molecule has 0 aliphatic carbocycles. The zero-order chi connectivity index (χ0) is 25.5. The molecule has 2 N–H and O–H groups in total. The van der Waals surface area contributed by atoms with Gasteiger partial charge in [-0.2, -0.15) is 0 Å². The Morgan fingerprint density at radius 2 is 1.89 bits per heavy atom. The molecule has 9 nitrogen and oxygen atoms in total. The van der Waals surface area contributed by atoms with Gasteiger partial charge in [0.15, 0.2) is 6.61 Å². The van der Waals surface area contributed by atoms with Crippen molar-refractivity contribution in [3.05, 3.63) is 83.9 Å². The fourth-order valence-corrected chi connectivity index (χ4v) is 4.82. The smallest absolute Gasteiger partial charge is 0.265 e. The SMILES string of the molecule is CC(c1nc2ccccc2[nH]1)c1nc2ccc(C(=O)NCCN3C(=O)COc4ccccc43)cc2n1C. The van der Waals surface area contributed by atoms with E-state index in [9.17, 15) is 9.59 Å². The highest BCUT2D eigenvalue weighted by molar-refractivity contribution is 5.99. The first-order chi connectivity index (χ1) is 18.0. The molecule has 0 radical (unpaired) electrons. The molecule has 2 amide bonds. The minimum absolute atomic E-state index is 0.00307. The van der Waals surface area contributed by atoms with Crippen LogP contribution in [0.15, 0.2) is 66.7 Å². The van der Waals surface area contributed by atoms with Gasteiger partial charge in [-0.15, -0.1) is 0 Å². The van der Waals surface area contributed by atoms with Crippen LogP contribution in [0.2, 0.25) is 0 Å². The molecule has 6 rings (SSSR count). The highest BCUT2D eigenvalue weighted by Crippen LogP contribution is 2.31. The van der Waals surface area contributed by atoms with Crippen molar-refractivity contribution in [1.82, 2.24) is 24.8 Å². The lowest BCUT2D eigenvalue weighted by Crippen LogP contribution is -2.43. The van der Waals surface area contributed by atoms with E-state index >= 15 is 0 Å². The third kappa shape index (κ3) is 4.08. The number of nitrogens with one attached hydrogen (secondary N) is 2. The van der Waals surface area contributed by atoms with Crippen LogP contribution < -0.4 is 15.0 Å². The summed E-state index contributed by atoms with van der Waals surface area (Å²) >= 11 is 0.